The Kier molecular flexibility index (Phi) is 4.56. The van der Waals surface area contributed by atoms with E-state index in [1.165, 1.54) is 0 Å². The monoisotopic (exact) mass is 284 g/mol. The van der Waals surface area contributed by atoms with Crippen molar-refractivity contribution in [3.8, 4) is 5.75 Å². The minimum absolute atomic E-state index is 0.129. The number of nitrogens with zero attached hydrogens (tertiary/aromatic N) is 1. The molecule has 0 saturated heterocycles. The molecule has 0 spiro atoms. The number of hydrogen-bond donors (Lipinski definition) is 3. The van der Waals surface area contributed by atoms with E-state index in [1.54, 1.807) is 55.5 Å². The predicted molar refractivity (Wildman–Crippen MR) is 80.9 cm³/mol. The first-order chi connectivity index (χ1) is 10.1. The fourth-order valence-electron chi connectivity index (χ4n) is 2.01. The molecule has 2 aromatic rings. The lowest BCUT2D eigenvalue weighted by molar-refractivity contribution is -0.115. The van der Waals surface area contributed by atoms with E-state index in [0.717, 1.165) is 5.56 Å². The molecule has 0 aliphatic carbocycles. The van der Waals surface area contributed by atoms with Gasteiger partial charge in [0.2, 0.25) is 5.91 Å². The van der Waals surface area contributed by atoms with Gasteiger partial charge in [-0.05, 0) is 30.7 Å². The zero-order valence-electron chi connectivity index (χ0n) is 11.6. The number of oxime groups is 1. The normalized spacial score (nSPS) is 11.2. The fourth-order valence-corrected chi connectivity index (χ4v) is 2.01. The number of carbonyl (C=O) groups excluding carboxylic acids is 1. The van der Waals surface area contributed by atoms with Gasteiger partial charge in [-0.3, -0.25) is 4.79 Å². The van der Waals surface area contributed by atoms with E-state index in [4.69, 9.17) is 5.21 Å². The van der Waals surface area contributed by atoms with Crippen molar-refractivity contribution < 1.29 is 15.1 Å². The largest absolute Gasteiger partial charge is 0.508 e. The van der Waals surface area contributed by atoms with Crippen molar-refractivity contribution in [2.75, 3.05) is 5.32 Å². The predicted octanol–water partition coefficient (Wildman–Crippen LogP) is 2.77. The second-order valence-electron chi connectivity index (χ2n) is 4.63. The van der Waals surface area contributed by atoms with Crippen LogP contribution in [0.3, 0.4) is 0 Å². The van der Waals surface area contributed by atoms with Crippen molar-refractivity contribution in [2.24, 2.45) is 5.16 Å². The summed E-state index contributed by atoms with van der Waals surface area (Å²) in [5.74, 6) is -0.0808. The van der Waals surface area contributed by atoms with Crippen molar-refractivity contribution in [3.63, 3.8) is 0 Å². The van der Waals surface area contributed by atoms with Crippen molar-refractivity contribution in [2.45, 2.75) is 13.3 Å². The number of hydrogen-bond acceptors (Lipinski definition) is 4. The highest BCUT2D eigenvalue weighted by Gasteiger charge is 2.09. The summed E-state index contributed by atoms with van der Waals surface area (Å²) in [5, 5.41) is 24.2. The van der Waals surface area contributed by atoms with Gasteiger partial charge in [0, 0.05) is 11.3 Å². The number of aromatic hydroxyl groups is 1. The van der Waals surface area contributed by atoms with Crippen LogP contribution in [0.25, 0.3) is 0 Å². The van der Waals surface area contributed by atoms with Gasteiger partial charge in [-0.1, -0.05) is 35.5 Å². The zero-order chi connectivity index (χ0) is 15.2. The molecule has 0 aromatic heterocycles. The van der Waals surface area contributed by atoms with Crippen molar-refractivity contribution in [3.05, 3.63) is 59.7 Å². The average Bonchev–Trinajstić information content (AvgIpc) is 2.47. The minimum atomic E-state index is -0.209. The summed E-state index contributed by atoms with van der Waals surface area (Å²) >= 11 is 0. The van der Waals surface area contributed by atoms with Gasteiger partial charge < -0.3 is 15.6 Å². The first-order valence-corrected chi connectivity index (χ1v) is 6.46. The van der Waals surface area contributed by atoms with Crippen molar-refractivity contribution in [1.29, 1.82) is 0 Å². The molecule has 2 aromatic carbocycles. The molecule has 3 N–H and O–H groups in total. The van der Waals surface area contributed by atoms with Crippen LogP contribution < -0.4 is 5.32 Å². The molecule has 0 aliphatic heterocycles. The number of anilines is 1. The summed E-state index contributed by atoms with van der Waals surface area (Å²) in [7, 11) is 0. The van der Waals surface area contributed by atoms with Gasteiger partial charge in [-0.2, -0.15) is 0 Å². The van der Waals surface area contributed by atoms with Gasteiger partial charge in [0.25, 0.3) is 0 Å². The molecule has 0 atom stereocenters. The molecule has 0 unspecified atom stereocenters. The third-order valence-electron chi connectivity index (χ3n) is 3.02. The first-order valence-electron chi connectivity index (χ1n) is 6.46. The maximum Gasteiger partial charge on any atom is 0.228 e. The Balaban J connectivity index is 2.13. The van der Waals surface area contributed by atoms with Gasteiger partial charge in [0.15, 0.2) is 0 Å². The van der Waals surface area contributed by atoms with E-state index in [2.05, 4.69) is 10.5 Å². The summed E-state index contributed by atoms with van der Waals surface area (Å²) in [6.45, 7) is 1.65. The Labute approximate surface area is 122 Å². The fraction of sp³-hybridized carbons (Fsp3) is 0.125. The van der Waals surface area contributed by atoms with Crippen LogP contribution in [0.15, 0.2) is 53.7 Å². The lowest BCUT2D eigenvalue weighted by Crippen LogP contribution is -2.16. The molecule has 0 saturated carbocycles. The molecule has 0 aliphatic rings. The molecule has 5 heteroatoms. The maximum atomic E-state index is 12.1. The lowest BCUT2D eigenvalue weighted by Gasteiger charge is -2.10. The molecule has 0 radical (unpaired) electrons. The van der Waals surface area contributed by atoms with E-state index in [9.17, 15) is 9.90 Å². The van der Waals surface area contributed by atoms with Crippen LogP contribution in [-0.4, -0.2) is 21.9 Å². The Morgan fingerprint density at radius 1 is 1.19 bits per heavy atom. The van der Waals surface area contributed by atoms with E-state index < -0.39 is 0 Å². The summed E-state index contributed by atoms with van der Waals surface area (Å²) in [6.07, 6.45) is 0.151. The van der Waals surface area contributed by atoms with Crippen molar-refractivity contribution >= 4 is 17.3 Å². The van der Waals surface area contributed by atoms with Crippen LogP contribution in [-0.2, 0) is 11.2 Å². The van der Waals surface area contributed by atoms with Gasteiger partial charge in [-0.25, -0.2) is 0 Å². The summed E-state index contributed by atoms with van der Waals surface area (Å²) in [5.41, 5.74) is 2.38. The highest BCUT2D eigenvalue weighted by molar-refractivity contribution is 6.06. The summed E-state index contributed by atoms with van der Waals surface area (Å²) < 4.78 is 0. The second kappa shape index (κ2) is 6.56. The van der Waals surface area contributed by atoms with E-state index in [-0.39, 0.29) is 18.1 Å². The average molecular weight is 284 g/mol. The number of carbonyl (C=O) groups is 1. The standard InChI is InChI=1S/C16H16N2O3/c1-11(18-21)14-7-2-3-8-15(14)17-16(20)10-12-5-4-6-13(19)9-12/h2-9,19,21H,10H2,1H3,(H,17,20). The Hall–Kier alpha value is -2.82. The molecular formula is C16H16N2O3. The number of para-hydroxylation sites is 1. The maximum absolute atomic E-state index is 12.1. The van der Waals surface area contributed by atoms with Crippen LogP contribution in [0.4, 0.5) is 5.69 Å². The van der Waals surface area contributed by atoms with E-state index >= 15 is 0 Å². The van der Waals surface area contributed by atoms with Crippen LogP contribution in [0, 0.1) is 0 Å². The SMILES string of the molecule is CC(=NO)c1ccccc1NC(=O)Cc1cccc(O)c1. The minimum Gasteiger partial charge on any atom is -0.508 e. The zero-order valence-corrected chi connectivity index (χ0v) is 11.6. The number of benzene rings is 2. The number of rotatable bonds is 4. The van der Waals surface area contributed by atoms with Crippen molar-refractivity contribution in [1.82, 2.24) is 0 Å². The van der Waals surface area contributed by atoms with Crippen LogP contribution in [0.2, 0.25) is 0 Å². The number of nitrogens with one attached hydrogen (secondary N) is 1. The van der Waals surface area contributed by atoms with Crippen LogP contribution >= 0.6 is 0 Å². The summed E-state index contributed by atoms with van der Waals surface area (Å²) in [4.78, 5) is 12.1. The van der Waals surface area contributed by atoms with Gasteiger partial charge >= 0.3 is 0 Å². The highest BCUT2D eigenvalue weighted by Crippen LogP contribution is 2.17. The topological polar surface area (TPSA) is 81.9 Å². The second-order valence-corrected chi connectivity index (χ2v) is 4.63. The molecule has 1 amide bonds. The van der Waals surface area contributed by atoms with Gasteiger partial charge in [0.05, 0.1) is 12.1 Å². The third kappa shape index (κ3) is 3.82. The van der Waals surface area contributed by atoms with Crippen LogP contribution in [0.5, 0.6) is 5.75 Å². The molecular weight excluding hydrogens is 268 g/mol. The third-order valence-corrected chi connectivity index (χ3v) is 3.02. The number of phenolic OH excluding ortho intramolecular Hbond substituents is 1. The molecule has 5 nitrogen and oxygen atoms in total. The molecule has 21 heavy (non-hydrogen) atoms. The Morgan fingerprint density at radius 2 is 1.95 bits per heavy atom. The quantitative estimate of drug-likeness (QED) is 0.458. The lowest BCUT2D eigenvalue weighted by atomic mass is 10.1. The number of amides is 1. The highest BCUT2D eigenvalue weighted by atomic mass is 16.4. The molecule has 0 heterocycles. The molecule has 108 valence electrons. The van der Waals surface area contributed by atoms with Gasteiger partial charge in [-0.15, -0.1) is 0 Å². The Morgan fingerprint density at radius 3 is 2.67 bits per heavy atom. The molecule has 0 bridgehead atoms. The van der Waals surface area contributed by atoms with Crippen LogP contribution in [0.1, 0.15) is 18.1 Å². The van der Waals surface area contributed by atoms with E-state index in [1.807, 2.05) is 0 Å². The summed E-state index contributed by atoms with van der Waals surface area (Å²) in [6, 6.07) is 13.7. The smallest absolute Gasteiger partial charge is 0.228 e. The Bertz CT molecular complexity index is 681. The molecule has 2 rings (SSSR count). The number of phenols is 1. The van der Waals surface area contributed by atoms with E-state index in [0.29, 0.717) is 17.0 Å². The molecule has 0 fully saturated rings. The first kappa shape index (κ1) is 14.6. The van der Waals surface area contributed by atoms with Gasteiger partial charge in [0.1, 0.15) is 5.75 Å².